The van der Waals surface area contributed by atoms with E-state index in [4.69, 9.17) is 17.0 Å². The Balaban J connectivity index is 1.45. The van der Waals surface area contributed by atoms with Gasteiger partial charge in [0, 0.05) is 25.7 Å². The lowest BCUT2D eigenvalue weighted by molar-refractivity contribution is -0.115. The average Bonchev–Trinajstić information content (AvgIpc) is 2.79. The highest BCUT2D eigenvalue weighted by atomic mass is 32.2. The fourth-order valence-corrected chi connectivity index (χ4v) is 5.14. The van der Waals surface area contributed by atoms with Gasteiger partial charge in [0.15, 0.2) is 5.11 Å². The van der Waals surface area contributed by atoms with Gasteiger partial charge in [-0.15, -0.1) is 0 Å². The molecular formula is C22H29N3O4S2. The maximum Gasteiger partial charge on any atom is 0.250 e. The smallest absolute Gasteiger partial charge is 0.250 e. The van der Waals surface area contributed by atoms with Crippen LogP contribution in [0.5, 0.6) is 0 Å². The number of thiocarbonyl (C=S) groups is 1. The van der Waals surface area contributed by atoms with Gasteiger partial charge in [-0.2, -0.15) is 4.31 Å². The minimum absolute atomic E-state index is 0.231. The second kappa shape index (κ2) is 11.5. The lowest BCUT2D eigenvalue weighted by atomic mass is 9.97. The standard InChI is InChI=1S/C22H29N3O4S2/c26-21(24-22(30)23-13-12-18-4-2-1-3-5-18)11-8-19-6-9-20(10-7-19)31(27,28)25-14-16-29-17-15-25/h4,6-11H,1-3,5,12-17H2,(H2,23,24,26,30)/b11-8+. The van der Waals surface area contributed by atoms with E-state index < -0.39 is 10.0 Å². The zero-order valence-electron chi connectivity index (χ0n) is 17.5. The number of benzene rings is 1. The van der Waals surface area contributed by atoms with E-state index in [1.807, 2.05) is 0 Å². The number of carbonyl (C=O) groups excluding carboxylic acids is 1. The third-order valence-corrected chi connectivity index (χ3v) is 7.43. The van der Waals surface area contributed by atoms with Crippen LogP contribution in [0.1, 0.15) is 37.7 Å². The Morgan fingerprint density at radius 2 is 1.90 bits per heavy atom. The quantitative estimate of drug-likeness (QED) is 0.367. The molecule has 31 heavy (non-hydrogen) atoms. The zero-order valence-corrected chi connectivity index (χ0v) is 19.1. The number of sulfonamides is 1. The Bertz CT molecular complexity index is 934. The van der Waals surface area contributed by atoms with E-state index in [1.54, 1.807) is 30.3 Å². The summed E-state index contributed by atoms with van der Waals surface area (Å²) in [4.78, 5) is 12.3. The Kier molecular flexibility index (Phi) is 8.77. The predicted molar refractivity (Wildman–Crippen MR) is 125 cm³/mol. The highest BCUT2D eigenvalue weighted by molar-refractivity contribution is 7.89. The summed E-state index contributed by atoms with van der Waals surface area (Å²) in [6, 6.07) is 6.44. The molecule has 0 radical (unpaired) electrons. The number of ether oxygens (including phenoxy) is 1. The largest absolute Gasteiger partial charge is 0.379 e. The summed E-state index contributed by atoms with van der Waals surface area (Å²) in [5, 5.41) is 5.99. The molecule has 1 aliphatic heterocycles. The van der Waals surface area contributed by atoms with E-state index in [2.05, 4.69) is 16.7 Å². The molecule has 3 rings (SSSR count). The molecule has 7 nitrogen and oxygen atoms in total. The third-order valence-electron chi connectivity index (χ3n) is 5.27. The summed E-state index contributed by atoms with van der Waals surface area (Å²) in [5.74, 6) is -0.334. The molecule has 0 atom stereocenters. The highest BCUT2D eigenvalue weighted by Gasteiger charge is 2.25. The van der Waals surface area contributed by atoms with Crippen molar-refractivity contribution in [1.82, 2.24) is 14.9 Å². The molecule has 1 aromatic rings. The number of hydrogen-bond acceptors (Lipinski definition) is 5. The van der Waals surface area contributed by atoms with Crippen molar-refractivity contribution in [3.63, 3.8) is 0 Å². The van der Waals surface area contributed by atoms with Crippen LogP contribution in [0, 0.1) is 0 Å². The molecule has 2 N–H and O–H groups in total. The molecule has 0 bridgehead atoms. The second-order valence-electron chi connectivity index (χ2n) is 7.52. The molecule has 1 aromatic carbocycles. The number of rotatable bonds is 7. The topological polar surface area (TPSA) is 87.7 Å². The molecule has 0 aromatic heterocycles. The number of nitrogens with zero attached hydrogens (tertiary/aromatic N) is 1. The van der Waals surface area contributed by atoms with Crippen LogP contribution in [-0.2, 0) is 19.6 Å². The molecule has 9 heteroatoms. The number of morpholine rings is 1. The molecule has 0 saturated carbocycles. The van der Waals surface area contributed by atoms with Gasteiger partial charge in [-0.3, -0.25) is 10.1 Å². The molecule has 1 fully saturated rings. The molecule has 0 unspecified atom stereocenters. The van der Waals surface area contributed by atoms with Gasteiger partial charge in [-0.05, 0) is 68.1 Å². The zero-order chi connectivity index (χ0) is 22.1. The first-order chi connectivity index (χ1) is 14.9. The van der Waals surface area contributed by atoms with Crippen LogP contribution >= 0.6 is 12.2 Å². The normalized spacial score (nSPS) is 17.9. The Morgan fingerprint density at radius 3 is 2.58 bits per heavy atom. The Labute approximate surface area is 189 Å². The van der Waals surface area contributed by atoms with E-state index >= 15 is 0 Å². The summed E-state index contributed by atoms with van der Waals surface area (Å²) in [5.41, 5.74) is 2.17. The predicted octanol–water partition coefficient (Wildman–Crippen LogP) is 2.60. The van der Waals surface area contributed by atoms with E-state index in [0.29, 0.717) is 38.0 Å². The Morgan fingerprint density at radius 1 is 1.16 bits per heavy atom. The molecule has 1 saturated heterocycles. The number of nitrogens with one attached hydrogen (secondary N) is 2. The van der Waals surface area contributed by atoms with Crippen molar-refractivity contribution in [2.24, 2.45) is 0 Å². The van der Waals surface area contributed by atoms with Crippen LogP contribution in [0.15, 0.2) is 46.9 Å². The maximum atomic E-state index is 12.6. The van der Waals surface area contributed by atoms with Gasteiger partial charge in [0.2, 0.25) is 15.9 Å². The summed E-state index contributed by atoms with van der Waals surface area (Å²) in [6.07, 6.45) is 11.1. The van der Waals surface area contributed by atoms with Crippen molar-refractivity contribution < 1.29 is 17.9 Å². The van der Waals surface area contributed by atoms with Crippen molar-refractivity contribution in [2.75, 3.05) is 32.8 Å². The first kappa shape index (κ1) is 23.6. The number of allylic oxidation sites excluding steroid dienone is 1. The van der Waals surface area contributed by atoms with Gasteiger partial charge < -0.3 is 10.1 Å². The van der Waals surface area contributed by atoms with E-state index in [9.17, 15) is 13.2 Å². The first-order valence-electron chi connectivity index (χ1n) is 10.6. The Hall–Kier alpha value is -2.07. The van der Waals surface area contributed by atoms with Gasteiger partial charge in [0.25, 0.3) is 0 Å². The summed E-state index contributed by atoms with van der Waals surface area (Å²) >= 11 is 5.17. The third kappa shape index (κ3) is 7.24. The summed E-state index contributed by atoms with van der Waals surface area (Å²) < 4.78 is 31.9. The molecule has 1 aliphatic carbocycles. The minimum Gasteiger partial charge on any atom is -0.379 e. The van der Waals surface area contributed by atoms with Crippen LogP contribution in [0.2, 0.25) is 0 Å². The highest BCUT2D eigenvalue weighted by Crippen LogP contribution is 2.19. The van der Waals surface area contributed by atoms with Crippen molar-refractivity contribution in [2.45, 2.75) is 37.0 Å². The summed E-state index contributed by atoms with van der Waals surface area (Å²) in [7, 11) is -3.52. The molecular weight excluding hydrogens is 434 g/mol. The second-order valence-corrected chi connectivity index (χ2v) is 9.87. The lowest BCUT2D eigenvalue weighted by Gasteiger charge is -2.26. The van der Waals surface area contributed by atoms with Crippen LogP contribution in [0.4, 0.5) is 0 Å². The van der Waals surface area contributed by atoms with Crippen LogP contribution in [0.3, 0.4) is 0 Å². The van der Waals surface area contributed by atoms with Crippen molar-refractivity contribution in [3.05, 3.63) is 47.6 Å². The molecule has 1 heterocycles. The average molecular weight is 464 g/mol. The molecule has 2 aliphatic rings. The van der Waals surface area contributed by atoms with Crippen LogP contribution in [-0.4, -0.2) is 56.6 Å². The maximum absolute atomic E-state index is 12.6. The molecule has 168 valence electrons. The monoisotopic (exact) mass is 463 g/mol. The van der Waals surface area contributed by atoms with Crippen molar-refractivity contribution >= 4 is 39.3 Å². The first-order valence-corrected chi connectivity index (χ1v) is 12.4. The van der Waals surface area contributed by atoms with E-state index in [-0.39, 0.29) is 10.8 Å². The number of carbonyl (C=O) groups is 1. The van der Waals surface area contributed by atoms with E-state index in [0.717, 1.165) is 24.8 Å². The van der Waals surface area contributed by atoms with Gasteiger partial charge in [-0.1, -0.05) is 23.8 Å². The fraction of sp³-hybridized carbons (Fsp3) is 0.455. The minimum atomic E-state index is -3.52. The van der Waals surface area contributed by atoms with Crippen LogP contribution < -0.4 is 10.6 Å². The van der Waals surface area contributed by atoms with Gasteiger partial charge in [0.05, 0.1) is 18.1 Å². The van der Waals surface area contributed by atoms with E-state index in [1.165, 1.54) is 28.8 Å². The lowest BCUT2D eigenvalue weighted by Crippen LogP contribution is -2.40. The van der Waals surface area contributed by atoms with Gasteiger partial charge >= 0.3 is 0 Å². The number of amides is 1. The van der Waals surface area contributed by atoms with Crippen molar-refractivity contribution in [1.29, 1.82) is 0 Å². The number of hydrogen-bond donors (Lipinski definition) is 2. The molecule has 1 amide bonds. The van der Waals surface area contributed by atoms with Crippen molar-refractivity contribution in [3.8, 4) is 0 Å². The van der Waals surface area contributed by atoms with Gasteiger partial charge in [-0.25, -0.2) is 8.42 Å². The van der Waals surface area contributed by atoms with Crippen LogP contribution in [0.25, 0.3) is 6.08 Å². The SMILES string of the molecule is O=C(/C=C/c1ccc(S(=O)(=O)N2CCOCC2)cc1)NC(=S)NCCC1=CCCCC1. The fourth-order valence-electron chi connectivity index (χ4n) is 3.52. The molecule has 0 spiro atoms. The summed E-state index contributed by atoms with van der Waals surface area (Å²) in [6.45, 7) is 2.23. The van der Waals surface area contributed by atoms with Gasteiger partial charge in [0.1, 0.15) is 0 Å².